The van der Waals surface area contributed by atoms with Crippen LogP contribution >= 0.6 is 0 Å². The first-order valence-electron chi connectivity index (χ1n) is 7.00. The van der Waals surface area contributed by atoms with E-state index in [1.165, 1.54) is 0 Å². The third kappa shape index (κ3) is 5.52. The molecule has 110 valence electrons. The van der Waals surface area contributed by atoms with E-state index in [0.29, 0.717) is 25.1 Å². The second-order valence-electron chi connectivity index (χ2n) is 4.73. The molecule has 0 bridgehead atoms. The number of carbonyl (C=O) groups excluding carboxylic acids is 1. The first-order valence-corrected chi connectivity index (χ1v) is 8.31. The van der Waals surface area contributed by atoms with Gasteiger partial charge in [-0.25, -0.2) is 0 Å². The second kappa shape index (κ2) is 8.37. The van der Waals surface area contributed by atoms with Crippen molar-refractivity contribution in [1.82, 2.24) is 5.32 Å². The van der Waals surface area contributed by atoms with Crippen molar-refractivity contribution in [3.8, 4) is 0 Å². The van der Waals surface area contributed by atoms with Crippen LogP contribution in [0.15, 0.2) is 65.6 Å². The standard InChI is InChI=1S/C17H19NO2S/c19-17(18-14-15-8-3-1-4-9-15)12-7-13-21(20)16-10-5-2-6-11-16/h1-6,8-11H,7,12-14H2,(H,18,19). The van der Waals surface area contributed by atoms with Crippen molar-refractivity contribution in [2.45, 2.75) is 24.3 Å². The first-order chi connectivity index (χ1) is 10.3. The minimum atomic E-state index is -1.02. The molecule has 0 heterocycles. The van der Waals surface area contributed by atoms with Crippen LogP contribution in [0.3, 0.4) is 0 Å². The van der Waals surface area contributed by atoms with Crippen LogP contribution in [0, 0.1) is 0 Å². The molecule has 1 N–H and O–H groups in total. The average molecular weight is 301 g/mol. The maximum absolute atomic E-state index is 12.0. The Morgan fingerprint density at radius 2 is 1.57 bits per heavy atom. The highest BCUT2D eigenvalue weighted by atomic mass is 32.2. The lowest BCUT2D eigenvalue weighted by molar-refractivity contribution is -0.121. The second-order valence-corrected chi connectivity index (χ2v) is 6.30. The molecule has 1 atom stereocenters. The first kappa shape index (κ1) is 15.4. The Bertz CT molecular complexity index is 584. The molecule has 0 aliphatic carbocycles. The molecule has 0 saturated carbocycles. The van der Waals surface area contributed by atoms with Crippen LogP contribution in [0.4, 0.5) is 0 Å². The van der Waals surface area contributed by atoms with Crippen molar-refractivity contribution >= 4 is 16.7 Å². The zero-order valence-corrected chi connectivity index (χ0v) is 12.6. The van der Waals surface area contributed by atoms with E-state index in [0.717, 1.165) is 10.5 Å². The van der Waals surface area contributed by atoms with E-state index >= 15 is 0 Å². The fourth-order valence-corrected chi connectivity index (χ4v) is 3.04. The monoisotopic (exact) mass is 301 g/mol. The number of carbonyl (C=O) groups is 1. The largest absolute Gasteiger partial charge is 0.352 e. The van der Waals surface area contributed by atoms with Gasteiger partial charge < -0.3 is 5.32 Å². The number of benzene rings is 2. The molecule has 2 aromatic rings. The van der Waals surface area contributed by atoms with Gasteiger partial charge in [0.1, 0.15) is 0 Å². The van der Waals surface area contributed by atoms with Crippen molar-refractivity contribution in [3.63, 3.8) is 0 Å². The third-order valence-corrected chi connectivity index (χ3v) is 4.53. The van der Waals surface area contributed by atoms with Gasteiger partial charge in [0, 0.05) is 23.6 Å². The molecule has 0 spiro atoms. The van der Waals surface area contributed by atoms with Gasteiger partial charge in [0.05, 0.1) is 10.8 Å². The van der Waals surface area contributed by atoms with E-state index in [1.807, 2.05) is 60.7 Å². The highest BCUT2D eigenvalue weighted by molar-refractivity contribution is 7.85. The minimum absolute atomic E-state index is 0.00362. The molecular formula is C17H19NO2S. The molecule has 2 aromatic carbocycles. The van der Waals surface area contributed by atoms with Gasteiger partial charge in [0.2, 0.25) is 5.91 Å². The van der Waals surface area contributed by atoms with Gasteiger partial charge >= 0.3 is 0 Å². The van der Waals surface area contributed by atoms with Crippen LogP contribution < -0.4 is 5.32 Å². The Morgan fingerprint density at radius 1 is 0.952 bits per heavy atom. The maximum Gasteiger partial charge on any atom is 0.220 e. The van der Waals surface area contributed by atoms with E-state index < -0.39 is 10.8 Å². The molecule has 1 unspecified atom stereocenters. The predicted molar refractivity (Wildman–Crippen MR) is 85.2 cm³/mol. The maximum atomic E-state index is 12.0. The summed E-state index contributed by atoms with van der Waals surface area (Å²) in [5.74, 6) is 0.520. The van der Waals surface area contributed by atoms with Gasteiger partial charge in [-0.1, -0.05) is 48.5 Å². The van der Waals surface area contributed by atoms with Crippen LogP contribution in [0.2, 0.25) is 0 Å². The topological polar surface area (TPSA) is 46.2 Å². The van der Waals surface area contributed by atoms with Crippen molar-refractivity contribution < 1.29 is 9.00 Å². The summed E-state index contributed by atoms with van der Waals surface area (Å²) >= 11 is 0. The lowest BCUT2D eigenvalue weighted by Gasteiger charge is -2.05. The molecule has 21 heavy (non-hydrogen) atoms. The summed E-state index contributed by atoms with van der Waals surface area (Å²) in [4.78, 5) is 12.5. The lowest BCUT2D eigenvalue weighted by Crippen LogP contribution is -2.22. The number of rotatable bonds is 7. The molecule has 2 rings (SSSR count). The number of hydrogen-bond acceptors (Lipinski definition) is 2. The van der Waals surface area contributed by atoms with E-state index in [4.69, 9.17) is 0 Å². The van der Waals surface area contributed by atoms with Crippen molar-refractivity contribution in [3.05, 3.63) is 66.2 Å². The number of hydrogen-bond donors (Lipinski definition) is 1. The van der Waals surface area contributed by atoms with Gasteiger partial charge in [-0.05, 0) is 24.1 Å². The molecule has 0 fully saturated rings. The zero-order chi connectivity index (χ0) is 14.9. The number of nitrogens with one attached hydrogen (secondary N) is 1. The number of amides is 1. The molecular weight excluding hydrogens is 282 g/mol. The molecule has 1 amide bonds. The van der Waals surface area contributed by atoms with Gasteiger partial charge in [0.25, 0.3) is 0 Å². The summed E-state index contributed by atoms with van der Waals surface area (Å²) < 4.78 is 12.0. The summed E-state index contributed by atoms with van der Waals surface area (Å²) in [5.41, 5.74) is 1.08. The third-order valence-electron chi connectivity index (χ3n) is 3.07. The van der Waals surface area contributed by atoms with Gasteiger partial charge in [-0.2, -0.15) is 0 Å². The molecule has 4 heteroatoms. The summed E-state index contributed by atoms with van der Waals surface area (Å²) in [5, 5.41) is 2.87. The van der Waals surface area contributed by atoms with Crippen molar-refractivity contribution in [2.24, 2.45) is 0 Å². The summed E-state index contributed by atoms with van der Waals surface area (Å²) in [7, 11) is -1.02. The fraction of sp³-hybridized carbons (Fsp3) is 0.235. The predicted octanol–water partition coefficient (Wildman–Crippen LogP) is 2.89. The zero-order valence-electron chi connectivity index (χ0n) is 11.8. The molecule has 3 nitrogen and oxygen atoms in total. The van der Waals surface area contributed by atoms with Crippen molar-refractivity contribution in [1.29, 1.82) is 0 Å². The Kier molecular flexibility index (Phi) is 6.16. The Morgan fingerprint density at radius 3 is 2.24 bits per heavy atom. The molecule has 0 aromatic heterocycles. The lowest BCUT2D eigenvalue weighted by atomic mass is 10.2. The van der Waals surface area contributed by atoms with E-state index in [-0.39, 0.29) is 5.91 Å². The van der Waals surface area contributed by atoms with Crippen LogP contribution in [0.25, 0.3) is 0 Å². The van der Waals surface area contributed by atoms with E-state index in [1.54, 1.807) is 0 Å². The average Bonchev–Trinajstić information content (AvgIpc) is 2.54. The van der Waals surface area contributed by atoms with Crippen LogP contribution in [0.5, 0.6) is 0 Å². The Balaban J connectivity index is 1.66. The summed E-state index contributed by atoms with van der Waals surface area (Å²) in [6, 6.07) is 19.2. The van der Waals surface area contributed by atoms with Crippen LogP contribution in [-0.2, 0) is 22.1 Å². The quantitative estimate of drug-likeness (QED) is 0.854. The normalized spacial score (nSPS) is 11.8. The SMILES string of the molecule is O=C(CCCS(=O)c1ccccc1)NCc1ccccc1. The Hall–Kier alpha value is -1.94. The van der Waals surface area contributed by atoms with E-state index in [9.17, 15) is 9.00 Å². The molecule has 0 aliphatic heterocycles. The molecule has 0 radical (unpaired) electrons. The molecule has 0 aliphatic rings. The minimum Gasteiger partial charge on any atom is -0.352 e. The Labute approximate surface area is 127 Å². The van der Waals surface area contributed by atoms with Gasteiger partial charge in [-0.15, -0.1) is 0 Å². The highest BCUT2D eigenvalue weighted by Gasteiger charge is 2.05. The van der Waals surface area contributed by atoms with Crippen LogP contribution in [0.1, 0.15) is 18.4 Å². The fourth-order valence-electron chi connectivity index (χ4n) is 1.94. The molecule has 0 saturated heterocycles. The van der Waals surface area contributed by atoms with Crippen LogP contribution in [-0.4, -0.2) is 15.9 Å². The van der Waals surface area contributed by atoms with Crippen molar-refractivity contribution in [2.75, 3.05) is 5.75 Å². The smallest absolute Gasteiger partial charge is 0.220 e. The summed E-state index contributed by atoms with van der Waals surface area (Å²) in [6.07, 6.45) is 1.04. The highest BCUT2D eigenvalue weighted by Crippen LogP contribution is 2.07. The van der Waals surface area contributed by atoms with Gasteiger partial charge in [0.15, 0.2) is 0 Å². The van der Waals surface area contributed by atoms with E-state index in [2.05, 4.69) is 5.32 Å². The summed E-state index contributed by atoms with van der Waals surface area (Å²) in [6.45, 7) is 0.543. The van der Waals surface area contributed by atoms with Gasteiger partial charge in [-0.3, -0.25) is 9.00 Å².